The van der Waals surface area contributed by atoms with E-state index in [1.54, 1.807) is 11.8 Å². The van der Waals surface area contributed by atoms with Crippen LogP contribution in [0.5, 0.6) is 0 Å². The third-order valence-electron chi connectivity index (χ3n) is 3.43. The summed E-state index contributed by atoms with van der Waals surface area (Å²) in [4.78, 5) is 2.07. The van der Waals surface area contributed by atoms with Crippen molar-refractivity contribution in [1.29, 1.82) is 0 Å². The van der Waals surface area contributed by atoms with Gasteiger partial charge in [-0.1, -0.05) is 0 Å². The van der Waals surface area contributed by atoms with Crippen molar-refractivity contribution < 1.29 is 4.48 Å². The van der Waals surface area contributed by atoms with E-state index in [2.05, 4.69) is 52.8 Å². The Kier molecular flexibility index (Phi) is 4.27. The van der Waals surface area contributed by atoms with Gasteiger partial charge in [0.1, 0.15) is 6.20 Å². The van der Waals surface area contributed by atoms with Crippen LogP contribution in [0.1, 0.15) is 6.92 Å². The number of anilines is 1. The maximum absolute atomic E-state index is 4.48. The summed E-state index contributed by atoms with van der Waals surface area (Å²) in [7, 11) is 6.23. The first-order chi connectivity index (χ1) is 9.05. The molecule has 0 saturated heterocycles. The Balaban J connectivity index is 2.07. The topological polar surface area (TPSA) is 28.0 Å². The molecule has 102 valence electrons. The largest absolute Gasteiger partial charge is 0.378 e. The lowest BCUT2D eigenvalue weighted by Crippen LogP contribution is -2.41. The summed E-state index contributed by atoms with van der Waals surface area (Å²) in [6.45, 7) is 3.19. The van der Waals surface area contributed by atoms with E-state index in [4.69, 9.17) is 0 Å². The van der Waals surface area contributed by atoms with E-state index in [-0.39, 0.29) is 5.50 Å². The zero-order chi connectivity index (χ0) is 13.9. The van der Waals surface area contributed by atoms with Crippen LogP contribution in [0.2, 0.25) is 0 Å². The fourth-order valence-corrected chi connectivity index (χ4v) is 2.89. The highest BCUT2D eigenvalue weighted by Crippen LogP contribution is 2.33. The van der Waals surface area contributed by atoms with Gasteiger partial charge in [-0.2, -0.15) is 0 Å². The molecule has 0 radical (unpaired) electrons. The minimum Gasteiger partial charge on any atom is -0.378 e. The van der Waals surface area contributed by atoms with Crippen LogP contribution in [0.25, 0.3) is 0 Å². The van der Waals surface area contributed by atoms with Crippen molar-refractivity contribution in [2.24, 2.45) is 10.2 Å². The molecule has 1 heterocycles. The summed E-state index contributed by atoms with van der Waals surface area (Å²) in [6.07, 6.45) is 2.18. The van der Waals surface area contributed by atoms with Crippen LogP contribution in [0.15, 0.2) is 46.1 Å². The molecule has 1 aromatic carbocycles. The predicted molar refractivity (Wildman–Crippen MR) is 82.5 cm³/mol. The van der Waals surface area contributed by atoms with Crippen molar-refractivity contribution >= 4 is 23.1 Å². The van der Waals surface area contributed by atoms with Crippen LogP contribution in [0.3, 0.4) is 0 Å². The number of hydrogen-bond acceptors (Lipinski definition) is 4. The molecule has 1 aromatic rings. The number of quaternary nitrogens is 1. The quantitative estimate of drug-likeness (QED) is 0.618. The summed E-state index contributed by atoms with van der Waals surface area (Å²) < 4.78 is 0.809. The molecule has 0 bridgehead atoms. The highest BCUT2D eigenvalue weighted by molar-refractivity contribution is 8.02. The maximum atomic E-state index is 4.48. The first-order valence-electron chi connectivity index (χ1n) is 6.41. The minimum absolute atomic E-state index is 0.138. The van der Waals surface area contributed by atoms with Gasteiger partial charge < -0.3 is 4.90 Å². The molecule has 0 aliphatic carbocycles. The normalized spacial score (nSPS) is 26.2. The average Bonchev–Trinajstić information content (AvgIpc) is 2.79. The van der Waals surface area contributed by atoms with Gasteiger partial charge in [-0.05, 0) is 43.0 Å². The Hall–Kier alpha value is -1.33. The molecule has 5 heteroatoms. The zero-order valence-corrected chi connectivity index (χ0v) is 12.8. The molecule has 0 saturated carbocycles. The van der Waals surface area contributed by atoms with E-state index in [0.717, 1.165) is 16.7 Å². The summed E-state index contributed by atoms with van der Waals surface area (Å²) in [5.74, 6) is 0. The Morgan fingerprint density at radius 3 is 2.53 bits per heavy atom. The van der Waals surface area contributed by atoms with Crippen molar-refractivity contribution in [2.75, 3.05) is 32.6 Å². The summed E-state index contributed by atoms with van der Waals surface area (Å²) >= 11 is 1.72. The van der Waals surface area contributed by atoms with Crippen molar-refractivity contribution in [2.45, 2.75) is 12.4 Å². The summed E-state index contributed by atoms with van der Waals surface area (Å²) in [5, 5.41) is 11.0. The maximum Gasteiger partial charge on any atom is 0.258 e. The molecule has 19 heavy (non-hydrogen) atoms. The Bertz CT molecular complexity index is 481. The van der Waals surface area contributed by atoms with Gasteiger partial charge in [0, 0.05) is 25.2 Å². The van der Waals surface area contributed by atoms with Gasteiger partial charge in [0.15, 0.2) is 0 Å². The third kappa shape index (κ3) is 3.16. The predicted octanol–water partition coefficient (Wildman–Crippen LogP) is 3.80. The Labute approximate surface area is 119 Å². The number of azo groups is 1. The number of thioether (sulfide) groups is 1. The lowest BCUT2D eigenvalue weighted by Gasteiger charge is -2.28. The monoisotopic (exact) mass is 277 g/mol. The molecule has 0 fully saturated rings. The second kappa shape index (κ2) is 5.75. The fraction of sp³-hybridized carbons (Fsp3) is 0.429. The van der Waals surface area contributed by atoms with Crippen LogP contribution in [0.4, 0.5) is 11.4 Å². The molecule has 2 atom stereocenters. The van der Waals surface area contributed by atoms with Crippen molar-refractivity contribution in [3.05, 3.63) is 35.9 Å². The lowest BCUT2D eigenvalue weighted by atomic mass is 10.3. The van der Waals surface area contributed by atoms with Gasteiger partial charge in [0.2, 0.25) is 0 Å². The highest BCUT2D eigenvalue weighted by atomic mass is 32.2. The van der Waals surface area contributed by atoms with Gasteiger partial charge in [-0.25, -0.2) is 0 Å². The second-order valence-electron chi connectivity index (χ2n) is 5.04. The van der Waals surface area contributed by atoms with Crippen LogP contribution in [0, 0.1) is 0 Å². The Morgan fingerprint density at radius 1 is 1.26 bits per heavy atom. The lowest BCUT2D eigenvalue weighted by molar-refractivity contribution is -0.865. The van der Waals surface area contributed by atoms with Crippen LogP contribution >= 0.6 is 11.8 Å². The molecule has 4 nitrogen and oxygen atoms in total. The van der Waals surface area contributed by atoms with E-state index in [1.807, 2.05) is 26.2 Å². The van der Waals surface area contributed by atoms with Crippen molar-refractivity contribution in [3.63, 3.8) is 0 Å². The van der Waals surface area contributed by atoms with E-state index in [1.165, 1.54) is 5.69 Å². The number of benzene rings is 1. The van der Waals surface area contributed by atoms with Crippen LogP contribution in [-0.2, 0) is 0 Å². The van der Waals surface area contributed by atoms with Crippen LogP contribution in [-0.4, -0.2) is 37.7 Å². The average molecular weight is 277 g/mol. The minimum atomic E-state index is 0.138. The number of nitrogens with zero attached hydrogens (tertiary/aromatic N) is 4. The molecule has 0 spiro atoms. The SMILES string of the molecule is CC[N+]1(C)C=CSC1N=Nc1ccc(N(C)C)cc1. The third-order valence-corrected chi connectivity index (χ3v) is 4.52. The van der Waals surface area contributed by atoms with Gasteiger partial charge >= 0.3 is 0 Å². The Morgan fingerprint density at radius 2 is 1.95 bits per heavy atom. The van der Waals surface area contributed by atoms with Gasteiger partial charge in [0.25, 0.3) is 5.50 Å². The van der Waals surface area contributed by atoms with Crippen molar-refractivity contribution in [3.8, 4) is 0 Å². The van der Waals surface area contributed by atoms with E-state index in [9.17, 15) is 0 Å². The molecule has 0 aromatic heterocycles. The van der Waals surface area contributed by atoms with Crippen molar-refractivity contribution in [1.82, 2.24) is 0 Å². The molecular weight excluding hydrogens is 256 g/mol. The van der Waals surface area contributed by atoms with E-state index in [0.29, 0.717) is 0 Å². The summed E-state index contributed by atoms with van der Waals surface area (Å²) in [6, 6.07) is 8.12. The second-order valence-corrected chi connectivity index (χ2v) is 6.00. The zero-order valence-electron chi connectivity index (χ0n) is 11.9. The molecule has 0 N–H and O–H groups in total. The van der Waals surface area contributed by atoms with Gasteiger partial charge in [-0.15, -0.1) is 10.2 Å². The number of hydrogen-bond donors (Lipinski definition) is 0. The molecule has 1 aliphatic heterocycles. The molecular formula is C14H21N4S+. The van der Waals surface area contributed by atoms with E-state index < -0.39 is 0 Å². The first kappa shape index (κ1) is 14.1. The molecule has 0 amide bonds. The summed E-state index contributed by atoms with van der Waals surface area (Å²) in [5.41, 5.74) is 2.21. The first-order valence-corrected chi connectivity index (χ1v) is 7.36. The van der Waals surface area contributed by atoms with E-state index >= 15 is 0 Å². The number of rotatable bonds is 4. The highest BCUT2D eigenvalue weighted by Gasteiger charge is 2.33. The molecule has 2 rings (SSSR count). The standard InChI is InChI=1S/C14H21N4S/c1-5-18(4)10-11-19-14(18)16-15-12-6-8-13(9-7-12)17(2)3/h6-11,14H,5H2,1-4H3/q+1. The molecule has 1 aliphatic rings. The van der Waals surface area contributed by atoms with Gasteiger partial charge in [0.05, 0.1) is 19.3 Å². The smallest absolute Gasteiger partial charge is 0.258 e. The fourth-order valence-electron chi connectivity index (χ4n) is 1.80. The van der Waals surface area contributed by atoms with Gasteiger partial charge in [-0.3, -0.25) is 4.48 Å². The molecule has 2 unspecified atom stereocenters. The van der Waals surface area contributed by atoms with Crippen LogP contribution < -0.4 is 4.90 Å².